The van der Waals surface area contributed by atoms with Gasteiger partial charge in [-0.25, -0.2) is 0 Å². The van der Waals surface area contributed by atoms with Crippen LogP contribution < -0.4 is 4.74 Å². The molecular formula is C11H8ClF2NO3. The molecule has 0 aliphatic rings. The molecule has 1 rings (SSSR count). The van der Waals surface area contributed by atoms with Gasteiger partial charge in [-0.15, -0.1) is 11.6 Å². The van der Waals surface area contributed by atoms with Crippen LogP contribution in [-0.4, -0.2) is 17.7 Å². The summed E-state index contributed by atoms with van der Waals surface area (Å²) in [6.07, 6.45) is -0.588. The first-order chi connectivity index (χ1) is 8.49. The molecule has 0 radical (unpaired) electrons. The minimum atomic E-state index is -3.12. The first-order valence-electron chi connectivity index (χ1n) is 4.77. The lowest BCUT2D eigenvalue weighted by atomic mass is 10.0. The Balaban J connectivity index is 3.38. The number of aliphatic carboxylic acids is 1. The molecule has 0 aliphatic heterocycles. The number of ether oxygens (including phenoxy) is 1. The van der Waals surface area contributed by atoms with Crippen LogP contribution in [0.15, 0.2) is 12.1 Å². The van der Waals surface area contributed by atoms with Crippen LogP contribution in [0.1, 0.15) is 16.7 Å². The van der Waals surface area contributed by atoms with Crippen LogP contribution in [0.2, 0.25) is 0 Å². The lowest BCUT2D eigenvalue weighted by Gasteiger charge is -2.14. The second kappa shape index (κ2) is 6.17. The molecule has 0 saturated heterocycles. The zero-order valence-electron chi connectivity index (χ0n) is 8.99. The Hall–Kier alpha value is -1.87. The van der Waals surface area contributed by atoms with Gasteiger partial charge in [0.25, 0.3) is 0 Å². The summed E-state index contributed by atoms with van der Waals surface area (Å²) in [5, 5.41) is 17.6. The van der Waals surface area contributed by atoms with E-state index in [4.69, 9.17) is 22.0 Å². The number of alkyl halides is 3. The van der Waals surface area contributed by atoms with Crippen molar-refractivity contribution in [1.29, 1.82) is 5.26 Å². The number of nitriles is 1. The monoisotopic (exact) mass is 275 g/mol. The Morgan fingerprint density at radius 3 is 2.67 bits per heavy atom. The van der Waals surface area contributed by atoms with Gasteiger partial charge in [0.15, 0.2) is 0 Å². The van der Waals surface area contributed by atoms with E-state index in [1.807, 2.05) is 0 Å². The molecule has 0 bridgehead atoms. The van der Waals surface area contributed by atoms with E-state index in [2.05, 4.69) is 4.74 Å². The lowest BCUT2D eigenvalue weighted by molar-refractivity contribution is -0.136. The highest BCUT2D eigenvalue weighted by Gasteiger charge is 2.19. The van der Waals surface area contributed by atoms with Crippen LogP contribution in [-0.2, 0) is 17.1 Å². The first kappa shape index (κ1) is 14.2. The molecule has 0 aliphatic carbocycles. The second-order valence-corrected chi connectivity index (χ2v) is 3.54. The predicted octanol–water partition coefficient (Wildman–Crippen LogP) is 2.53. The highest BCUT2D eigenvalue weighted by molar-refractivity contribution is 6.17. The number of rotatable bonds is 5. The van der Waals surface area contributed by atoms with E-state index < -0.39 is 19.0 Å². The van der Waals surface area contributed by atoms with E-state index in [0.29, 0.717) is 0 Å². The molecule has 0 fully saturated rings. The lowest BCUT2D eigenvalue weighted by Crippen LogP contribution is -2.11. The summed E-state index contributed by atoms with van der Waals surface area (Å²) < 4.78 is 28.9. The minimum Gasteiger partial charge on any atom is -0.481 e. The number of carbonyl (C=O) groups is 1. The Labute approximate surface area is 106 Å². The largest absolute Gasteiger partial charge is 0.481 e. The van der Waals surface area contributed by atoms with E-state index in [-0.39, 0.29) is 28.3 Å². The van der Waals surface area contributed by atoms with Crippen molar-refractivity contribution >= 4 is 17.6 Å². The summed E-state index contributed by atoms with van der Waals surface area (Å²) >= 11 is 5.56. The predicted molar refractivity (Wildman–Crippen MR) is 58.7 cm³/mol. The Bertz CT molecular complexity index is 500. The molecule has 0 aromatic heterocycles. The Kier molecular flexibility index (Phi) is 4.86. The van der Waals surface area contributed by atoms with Crippen molar-refractivity contribution in [3.05, 3.63) is 28.8 Å². The van der Waals surface area contributed by atoms with E-state index in [9.17, 15) is 13.6 Å². The van der Waals surface area contributed by atoms with E-state index in [1.54, 1.807) is 6.07 Å². The number of carboxylic acids is 1. The molecule has 1 N–H and O–H groups in total. The van der Waals surface area contributed by atoms with Gasteiger partial charge in [0.2, 0.25) is 0 Å². The third-order valence-electron chi connectivity index (χ3n) is 2.14. The number of hydrogen-bond acceptors (Lipinski definition) is 3. The highest BCUT2D eigenvalue weighted by Crippen LogP contribution is 2.30. The van der Waals surface area contributed by atoms with E-state index >= 15 is 0 Å². The van der Waals surface area contributed by atoms with Crippen molar-refractivity contribution in [2.75, 3.05) is 0 Å². The van der Waals surface area contributed by atoms with E-state index in [0.717, 1.165) is 0 Å². The molecule has 96 valence electrons. The van der Waals surface area contributed by atoms with Gasteiger partial charge in [-0.3, -0.25) is 4.79 Å². The van der Waals surface area contributed by atoms with Crippen LogP contribution in [0.4, 0.5) is 8.78 Å². The standard InChI is InChI=1S/C11H8ClF2NO3/c12-4-6-1-2-7(5-15)8(3-9(16)17)10(6)18-11(13)14/h1-2,11H,3-4H2,(H,16,17). The zero-order valence-corrected chi connectivity index (χ0v) is 9.75. The molecule has 1 aromatic rings. The maximum Gasteiger partial charge on any atom is 0.387 e. The highest BCUT2D eigenvalue weighted by atomic mass is 35.5. The maximum absolute atomic E-state index is 12.3. The van der Waals surface area contributed by atoms with Gasteiger partial charge < -0.3 is 9.84 Å². The third kappa shape index (κ3) is 3.31. The van der Waals surface area contributed by atoms with Crippen LogP contribution >= 0.6 is 11.6 Å². The average Bonchev–Trinajstić information content (AvgIpc) is 2.29. The molecule has 18 heavy (non-hydrogen) atoms. The van der Waals surface area contributed by atoms with Gasteiger partial charge in [-0.2, -0.15) is 14.0 Å². The normalized spacial score (nSPS) is 10.2. The molecule has 0 amide bonds. The SMILES string of the molecule is N#Cc1ccc(CCl)c(OC(F)F)c1CC(=O)O. The molecule has 0 unspecified atom stereocenters. The average molecular weight is 276 g/mol. The summed E-state index contributed by atoms with van der Waals surface area (Å²) in [5.74, 6) is -1.71. The molecule has 0 atom stereocenters. The summed E-state index contributed by atoms with van der Waals surface area (Å²) in [7, 11) is 0. The van der Waals surface area contributed by atoms with Gasteiger partial charge in [-0.1, -0.05) is 6.07 Å². The molecular weight excluding hydrogens is 268 g/mol. The smallest absolute Gasteiger partial charge is 0.387 e. The van der Waals surface area contributed by atoms with Crippen molar-refractivity contribution in [2.45, 2.75) is 18.9 Å². The molecule has 4 nitrogen and oxygen atoms in total. The maximum atomic E-state index is 12.3. The van der Waals surface area contributed by atoms with Crippen LogP contribution in [0.25, 0.3) is 0 Å². The third-order valence-corrected chi connectivity index (χ3v) is 2.43. The number of benzene rings is 1. The zero-order chi connectivity index (χ0) is 13.7. The van der Waals surface area contributed by atoms with E-state index in [1.165, 1.54) is 12.1 Å². The number of hydrogen-bond donors (Lipinski definition) is 1. The number of carboxylic acid groups (broad SMARTS) is 1. The Morgan fingerprint density at radius 2 is 2.22 bits per heavy atom. The summed E-state index contributed by atoms with van der Waals surface area (Å²) in [4.78, 5) is 10.7. The van der Waals surface area contributed by atoms with Gasteiger partial charge in [0.1, 0.15) is 5.75 Å². The van der Waals surface area contributed by atoms with Gasteiger partial charge in [0, 0.05) is 11.1 Å². The first-order valence-corrected chi connectivity index (χ1v) is 5.30. The molecule has 7 heteroatoms. The Morgan fingerprint density at radius 1 is 1.56 bits per heavy atom. The van der Waals surface area contributed by atoms with Crippen LogP contribution in [0.5, 0.6) is 5.75 Å². The van der Waals surface area contributed by atoms with Gasteiger partial charge in [-0.05, 0) is 6.07 Å². The summed E-state index contributed by atoms with van der Waals surface area (Å²) in [6, 6.07) is 4.42. The second-order valence-electron chi connectivity index (χ2n) is 3.27. The fourth-order valence-corrected chi connectivity index (χ4v) is 1.66. The van der Waals surface area contributed by atoms with Crippen molar-refractivity contribution < 1.29 is 23.4 Å². The molecule has 1 aromatic carbocycles. The fourth-order valence-electron chi connectivity index (χ4n) is 1.45. The van der Waals surface area contributed by atoms with Crippen LogP contribution in [0, 0.1) is 11.3 Å². The minimum absolute atomic E-state index is 0.0260. The van der Waals surface area contributed by atoms with Crippen molar-refractivity contribution in [1.82, 2.24) is 0 Å². The van der Waals surface area contributed by atoms with Crippen molar-refractivity contribution in [2.24, 2.45) is 0 Å². The fraction of sp³-hybridized carbons (Fsp3) is 0.273. The van der Waals surface area contributed by atoms with Crippen molar-refractivity contribution in [3.63, 3.8) is 0 Å². The summed E-state index contributed by atoms with van der Waals surface area (Å²) in [6.45, 7) is -3.12. The number of nitrogens with zero attached hydrogens (tertiary/aromatic N) is 1. The van der Waals surface area contributed by atoms with Crippen LogP contribution in [0.3, 0.4) is 0 Å². The van der Waals surface area contributed by atoms with Gasteiger partial charge in [0.05, 0.1) is 23.9 Å². The molecule has 0 spiro atoms. The number of halogens is 3. The topological polar surface area (TPSA) is 70.3 Å². The molecule has 0 heterocycles. The quantitative estimate of drug-likeness (QED) is 0.838. The van der Waals surface area contributed by atoms with Gasteiger partial charge >= 0.3 is 12.6 Å². The summed E-state index contributed by atoms with van der Waals surface area (Å²) in [5.41, 5.74) is 0.0950. The van der Waals surface area contributed by atoms with Crippen molar-refractivity contribution in [3.8, 4) is 11.8 Å². The molecule has 0 saturated carbocycles.